The lowest BCUT2D eigenvalue weighted by atomic mass is 10.1. The Hall–Kier alpha value is -1.30. The first-order valence-electron chi connectivity index (χ1n) is 6.67. The molecular weight excluding hydrogens is 248 g/mol. The molecule has 0 aliphatic carbocycles. The lowest BCUT2D eigenvalue weighted by Crippen LogP contribution is -2.50. The van der Waals surface area contributed by atoms with E-state index in [9.17, 15) is 9.59 Å². The summed E-state index contributed by atoms with van der Waals surface area (Å²) in [5.41, 5.74) is 0. The van der Waals surface area contributed by atoms with Crippen molar-refractivity contribution in [3.8, 4) is 0 Å². The van der Waals surface area contributed by atoms with Gasteiger partial charge in [-0.25, -0.2) is 9.59 Å². The van der Waals surface area contributed by atoms with Gasteiger partial charge in [0.05, 0.1) is 0 Å². The van der Waals surface area contributed by atoms with Crippen LogP contribution >= 0.6 is 0 Å². The molecule has 112 valence electrons. The number of carbonyl (C=O) groups is 2. The number of nitrogens with one attached hydrogen (secondary N) is 1. The Balaban J connectivity index is 4.63. The van der Waals surface area contributed by atoms with E-state index in [0.29, 0.717) is 24.9 Å². The first kappa shape index (κ1) is 17.7. The Bertz CT molecular complexity index is 282. The van der Waals surface area contributed by atoms with Crippen molar-refractivity contribution in [3.05, 3.63) is 0 Å². The van der Waals surface area contributed by atoms with Gasteiger partial charge in [-0.1, -0.05) is 27.7 Å². The van der Waals surface area contributed by atoms with Crippen LogP contribution in [0.15, 0.2) is 0 Å². The van der Waals surface area contributed by atoms with Gasteiger partial charge in [-0.2, -0.15) is 0 Å². The molecule has 0 rings (SSSR count). The van der Waals surface area contributed by atoms with Gasteiger partial charge in [-0.05, 0) is 11.8 Å². The minimum Gasteiger partial charge on any atom is -0.480 e. The minimum absolute atomic E-state index is 0.0122. The van der Waals surface area contributed by atoms with Crippen molar-refractivity contribution in [3.63, 3.8) is 0 Å². The number of aliphatic carboxylic acids is 1. The number of amides is 2. The molecule has 0 saturated heterocycles. The molecule has 6 nitrogen and oxygen atoms in total. The Morgan fingerprint density at radius 3 is 1.89 bits per heavy atom. The van der Waals surface area contributed by atoms with E-state index in [2.05, 4.69) is 5.32 Å². The highest BCUT2D eigenvalue weighted by atomic mass is 16.4. The van der Waals surface area contributed by atoms with Gasteiger partial charge in [0.15, 0.2) is 0 Å². The zero-order chi connectivity index (χ0) is 15.0. The molecule has 0 radical (unpaired) electrons. The van der Waals surface area contributed by atoms with Crippen LogP contribution in [0.5, 0.6) is 0 Å². The number of aliphatic hydroxyl groups excluding tert-OH is 1. The smallest absolute Gasteiger partial charge is 0.326 e. The van der Waals surface area contributed by atoms with Crippen LogP contribution in [0.4, 0.5) is 4.79 Å². The van der Waals surface area contributed by atoms with Gasteiger partial charge in [-0.15, -0.1) is 0 Å². The van der Waals surface area contributed by atoms with Gasteiger partial charge < -0.3 is 20.4 Å². The normalized spacial score (nSPS) is 12.6. The Kier molecular flexibility index (Phi) is 8.14. The molecule has 0 bridgehead atoms. The number of hydrogen-bond acceptors (Lipinski definition) is 3. The highest BCUT2D eigenvalue weighted by Crippen LogP contribution is 2.05. The summed E-state index contributed by atoms with van der Waals surface area (Å²) in [5, 5.41) is 20.2. The molecule has 19 heavy (non-hydrogen) atoms. The molecule has 0 aromatic carbocycles. The summed E-state index contributed by atoms with van der Waals surface area (Å²) in [6.45, 7) is 8.90. The van der Waals surface area contributed by atoms with Crippen LogP contribution in [0.1, 0.15) is 34.1 Å². The second-order valence-corrected chi connectivity index (χ2v) is 5.55. The molecule has 2 amide bonds. The van der Waals surface area contributed by atoms with Gasteiger partial charge in [-0.3, -0.25) is 0 Å². The number of carboxylic acid groups (broad SMARTS) is 1. The second-order valence-electron chi connectivity index (χ2n) is 5.55. The maximum Gasteiger partial charge on any atom is 0.326 e. The van der Waals surface area contributed by atoms with Crippen LogP contribution in [0.2, 0.25) is 0 Å². The first-order chi connectivity index (χ1) is 8.77. The minimum atomic E-state index is -1.13. The molecule has 0 aliphatic rings. The summed E-state index contributed by atoms with van der Waals surface area (Å²) in [5.74, 6) is -0.507. The lowest BCUT2D eigenvalue weighted by molar-refractivity contribution is -0.139. The first-order valence-corrected chi connectivity index (χ1v) is 6.67. The third-order valence-corrected chi connectivity index (χ3v) is 2.47. The van der Waals surface area contributed by atoms with Crippen LogP contribution in [-0.2, 0) is 4.79 Å². The molecular formula is C13H26N2O4. The van der Waals surface area contributed by atoms with Gasteiger partial charge in [0.1, 0.15) is 6.04 Å². The Morgan fingerprint density at radius 2 is 1.58 bits per heavy atom. The molecule has 0 aliphatic heterocycles. The lowest BCUT2D eigenvalue weighted by Gasteiger charge is -2.28. The van der Waals surface area contributed by atoms with E-state index >= 15 is 0 Å². The van der Waals surface area contributed by atoms with E-state index in [1.807, 2.05) is 27.7 Å². The maximum atomic E-state index is 12.1. The topological polar surface area (TPSA) is 89.9 Å². The predicted octanol–water partition coefficient (Wildman–Crippen LogP) is 1.15. The molecule has 0 spiro atoms. The fraction of sp³-hybridized carbons (Fsp3) is 0.846. The van der Waals surface area contributed by atoms with E-state index in [-0.39, 0.29) is 19.1 Å². The van der Waals surface area contributed by atoms with Gasteiger partial charge in [0.2, 0.25) is 0 Å². The molecule has 0 heterocycles. The number of nitrogens with zero attached hydrogens (tertiary/aromatic N) is 1. The molecule has 1 atom stereocenters. The molecule has 0 saturated carbocycles. The summed E-state index contributed by atoms with van der Waals surface area (Å²) >= 11 is 0. The van der Waals surface area contributed by atoms with Gasteiger partial charge in [0.25, 0.3) is 0 Å². The highest BCUT2D eigenvalue weighted by Gasteiger charge is 2.23. The van der Waals surface area contributed by atoms with E-state index in [0.717, 1.165) is 0 Å². The van der Waals surface area contributed by atoms with Crippen molar-refractivity contribution in [1.29, 1.82) is 0 Å². The van der Waals surface area contributed by atoms with Crippen LogP contribution in [0, 0.1) is 11.8 Å². The largest absolute Gasteiger partial charge is 0.480 e. The monoisotopic (exact) mass is 274 g/mol. The average molecular weight is 274 g/mol. The molecule has 0 aromatic heterocycles. The third-order valence-electron chi connectivity index (χ3n) is 2.47. The van der Waals surface area contributed by atoms with Crippen molar-refractivity contribution in [2.75, 3.05) is 19.7 Å². The highest BCUT2D eigenvalue weighted by molar-refractivity contribution is 5.82. The molecule has 6 heteroatoms. The zero-order valence-corrected chi connectivity index (χ0v) is 12.2. The van der Waals surface area contributed by atoms with Gasteiger partial charge in [0, 0.05) is 26.1 Å². The van der Waals surface area contributed by atoms with Gasteiger partial charge >= 0.3 is 12.0 Å². The summed E-state index contributed by atoms with van der Waals surface area (Å²) in [6.07, 6.45) is 0.0122. The molecule has 0 aromatic rings. The van der Waals surface area contributed by atoms with Crippen molar-refractivity contribution in [2.45, 2.75) is 40.2 Å². The standard InChI is InChI=1S/C13H26N2O4/c1-9(2)7-15(8-10(3)4)13(19)14-11(5-6-16)12(17)18/h9-11,16H,5-8H2,1-4H3,(H,14,19)(H,17,18)/t11-/m0/s1. The maximum absolute atomic E-state index is 12.1. The van der Waals surface area contributed by atoms with Crippen LogP contribution in [0.3, 0.4) is 0 Å². The zero-order valence-electron chi connectivity index (χ0n) is 12.2. The van der Waals surface area contributed by atoms with Crippen molar-refractivity contribution < 1.29 is 19.8 Å². The Morgan fingerprint density at radius 1 is 1.11 bits per heavy atom. The predicted molar refractivity (Wildman–Crippen MR) is 72.9 cm³/mol. The van der Waals surface area contributed by atoms with E-state index in [1.54, 1.807) is 4.90 Å². The van der Waals surface area contributed by atoms with E-state index in [4.69, 9.17) is 10.2 Å². The number of carboxylic acids is 1. The van der Waals surface area contributed by atoms with Crippen molar-refractivity contribution in [2.24, 2.45) is 11.8 Å². The SMILES string of the molecule is CC(C)CN(CC(C)C)C(=O)N[C@@H](CCO)C(=O)O. The molecule has 0 fully saturated rings. The third kappa shape index (κ3) is 7.66. The van der Waals surface area contributed by atoms with Crippen molar-refractivity contribution in [1.82, 2.24) is 10.2 Å². The summed E-state index contributed by atoms with van der Waals surface area (Å²) in [4.78, 5) is 24.6. The van der Waals surface area contributed by atoms with E-state index < -0.39 is 12.0 Å². The fourth-order valence-corrected chi connectivity index (χ4v) is 1.75. The summed E-state index contributed by atoms with van der Waals surface area (Å²) in [6, 6.07) is -1.43. The van der Waals surface area contributed by atoms with Crippen molar-refractivity contribution >= 4 is 12.0 Å². The number of carbonyl (C=O) groups excluding carboxylic acids is 1. The number of rotatable bonds is 8. The summed E-state index contributed by atoms with van der Waals surface area (Å²) < 4.78 is 0. The second kappa shape index (κ2) is 8.74. The molecule has 3 N–H and O–H groups in total. The van der Waals surface area contributed by atoms with Crippen LogP contribution < -0.4 is 5.32 Å². The number of urea groups is 1. The number of aliphatic hydroxyl groups is 1. The van der Waals surface area contributed by atoms with E-state index in [1.165, 1.54) is 0 Å². The molecule has 0 unspecified atom stereocenters. The Labute approximate surface area is 114 Å². The van der Waals surface area contributed by atoms with Crippen LogP contribution in [0.25, 0.3) is 0 Å². The average Bonchev–Trinajstić information content (AvgIpc) is 2.25. The summed E-state index contributed by atoms with van der Waals surface area (Å²) in [7, 11) is 0. The number of hydrogen-bond donors (Lipinski definition) is 3. The van der Waals surface area contributed by atoms with Crippen LogP contribution in [-0.4, -0.2) is 52.9 Å². The quantitative estimate of drug-likeness (QED) is 0.619. The fourth-order valence-electron chi connectivity index (χ4n) is 1.75.